The van der Waals surface area contributed by atoms with Gasteiger partial charge in [0, 0.05) is 6.42 Å². The van der Waals surface area contributed by atoms with Crippen LogP contribution in [-0.2, 0) is 9.59 Å². The second-order valence-corrected chi connectivity index (χ2v) is 3.29. The van der Waals surface area contributed by atoms with Crippen molar-refractivity contribution in [2.24, 2.45) is 17.4 Å². The third-order valence-corrected chi connectivity index (χ3v) is 1.86. The monoisotopic (exact) mass is 188 g/mol. The number of carboxylic acid groups (broad SMARTS) is 1. The summed E-state index contributed by atoms with van der Waals surface area (Å²) >= 11 is 0. The number of carboxylic acids is 1. The Morgan fingerprint density at radius 2 is 2.00 bits per heavy atom. The van der Waals surface area contributed by atoms with E-state index in [-0.39, 0.29) is 18.2 Å². The van der Waals surface area contributed by atoms with E-state index in [4.69, 9.17) is 16.6 Å². The number of carbonyl (C=O) groups excluding carboxylic acids is 1. The van der Waals surface area contributed by atoms with E-state index in [9.17, 15) is 9.59 Å². The molecule has 13 heavy (non-hydrogen) atoms. The summed E-state index contributed by atoms with van der Waals surface area (Å²) in [5.41, 5.74) is 10.3. The lowest BCUT2D eigenvalue weighted by Gasteiger charge is -2.12. The van der Waals surface area contributed by atoms with Gasteiger partial charge in [-0.15, -0.1) is 0 Å². The molecule has 0 fully saturated rings. The molecule has 5 nitrogen and oxygen atoms in total. The molecule has 0 aliphatic heterocycles. The molecule has 0 spiro atoms. The molecule has 76 valence electrons. The van der Waals surface area contributed by atoms with Crippen LogP contribution < -0.4 is 11.5 Å². The highest BCUT2D eigenvalue weighted by Gasteiger charge is 2.15. The summed E-state index contributed by atoms with van der Waals surface area (Å²) in [4.78, 5) is 20.8. The SMILES string of the molecule is CC(CCC(N)=O)CC(N)C(=O)O. The largest absolute Gasteiger partial charge is 0.480 e. The lowest BCUT2D eigenvalue weighted by molar-refractivity contribution is -0.138. The fourth-order valence-electron chi connectivity index (χ4n) is 1.04. The molecule has 0 aromatic carbocycles. The first kappa shape index (κ1) is 11.9. The zero-order valence-electron chi connectivity index (χ0n) is 7.69. The van der Waals surface area contributed by atoms with Crippen molar-refractivity contribution < 1.29 is 14.7 Å². The number of nitrogens with two attached hydrogens (primary N) is 2. The molecule has 5 heteroatoms. The van der Waals surface area contributed by atoms with Crippen LogP contribution in [0.2, 0.25) is 0 Å². The Morgan fingerprint density at radius 3 is 2.38 bits per heavy atom. The van der Waals surface area contributed by atoms with Gasteiger partial charge in [-0.05, 0) is 18.8 Å². The normalized spacial score (nSPS) is 14.9. The molecule has 0 aliphatic rings. The average molecular weight is 188 g/mol. The van der Waals surface area contributed by atoms with Crippen molar-refractivity contribution in [2.75, 3.05) is 0 Å². The van der Waals surface area contributed by atoms with Gasteiger partial charge in [0.15, 0.2) is 0 Å². The van der Waals surface area contributed by atoms with Gasteiger partial charge in [0.1, 0.15) is 6.04 Å². The maximum absolute atomic E-state index is 10.4. The smallest absolute Gasteiger partial charge is 0.320 e. The van der Waals surface area contributed by atoms with E-state index in [1.165, 1.54) is 0 Å². The standard InChI is InChI=1S/C8H16N2O3/c1-5(2-3-7(10)11)4-6(9)8(12)13/h5-6H,2-4,9H2,1H3,(H2,10,11)(H,12,13). The van der Waals surface area contributed by atoms with Crippen LogP contribution in [0.3, 0.4) is 0 Å². The lowest BCUT2D eigenvalue weighted by atomic mass is 9.97. The van der Waals surface area contributed by atoms with Gasteiger partial charge in [0.05, 0.1) is 0 Å². The summed E-state index contributed by atoms with van der Waals surface area (Å²) in [5, 5.41) is 8.49. The first-order valence-electron chi connectivity index (χ1n) is 4.20. The molecule has 1 amide bonds. The van der Waals surface area contributed by atoms with Gasteiger partial charge in [-0.3, -0.25) is 9.59 Å². The Kier molecular flexibility index (Phi) is 5.06. The van der Waals surface area contributed by atoms with Crippen LogP contribution in [0.4, 0.5) is 0 Å². The molecule has 0 aliphatic carbocycles. The predicted molar refractivity (Wildman–Crippen MR) is 47.8 cm³/mol. The van der Waals surface area contributed by atoms with E-state index < -0.39 is 12.0 Å². The van der Waals surface area contributed by atoms with Crippen LogP contribution in [0.15, 0.2) is 0 Å². The minimum absolute atomic E-state index is 0.110. The van der Waals surface area contributed by atoms with Crippen LogP contribution in [0, 0.1) is 5.92 Å². The van der Waals surface area contributed by atoms with Gasteiger partial charge < -0.3 is 16.6 Å². The lowest BCUT2D eigenvalue weighted by Crippen LogP contribution is -2.32. The summed E-state index contributed by atoms with van der Waals surface area (Å²) in [6.45, 7) is 1.85. The Morgan fingerprint density at radius 1 is 1.46 bits per heavy atom. The number of hydrogen-bond acceptors (Lipinski definition) is 3. The molecule has 0 aromatic rings. The average Bonchev–Trinajstić information content (AvgIpc) is 2.00. The topological polar surface area (TPSA) is 106 Å². The number of hydrogen-bond donors (Lipinski definition) is 3. The second kappa shape index (κ2) is 5.53. The van der Waals surface area contributed by atoms with Gasteiger partial charge in [0.2, 0.25) is 5.91 Å². The van der Waals surface area contributed by atoms with Gasteiger partial charge in [-0.2, -0.15) is 0 Å². The molecular weight excluding hydrogens is 172 g/mol. The molecule has 2 unspecified atom stereocenters. The van der Waals surface area contributed by atoms with Crippen molar-refractivity contribution in [1.82, 2.24) is 0 Å². The van der Waals surface area contributed by atoms with Gasteiger partial charge in [-0.25, -0.2) is 0 Å². The van der Waals surface area contributed by atoms with Crippen molar-refractivity contribution >= 4 is 11.9 Å². The Labute approximate surface area is 77.1 Å². The first-order chi connectivity index (χ1) is 5.93. The fourth-order valence-corrected chi connectivity index (χ4v) is 1.04. The summed E-state index contributed by atoms with van der Waals surface area (Å²) in [5.74, 6) is -1.26. The van der Waals surface area contributed by atoms with Crippen LogP contribution >= 0.6 is 0 Å². The summed E-state index contributed by atoms with van der Waals surface area (Å²) < 4.78 is 0. The van der Waals surface area contributed by atoms with E-state index in [0.717, 1.165) is 0 Å². The fraction of sp³-hybridized carbons (Fsp3) is 0.750. The molecule has 0 bridgehead atoms. The Balaban J connectivity index is 3.67. The molecular formula is C8H16N2O3. The minimum Gasteiger partial charge on any atom is -0.480 e. The minimum atomic E-state index is -1.01. The molecule has 0 heterocycles. The van der Waals surface area contributed by atoms with Crippen molar-refractivity contribution in [3.8, 4) is 0 Å². The summed E-state index contributed by atoms with van der Waals surface area (Å²) in [6, 6.07) is -0.845. The number of amides is 1. The first-order valence-corrected chi connectivity index (χ1v) is 4.20. The van der Waals surface area contributed by atoms with Crippen LogP contribution in [0.25, 0.3) is 0 Å². The molecule has 0 rings (SSSR count). The van der Waals surface area contributed by atoms with Gasteiger partial charge >= 0.3 is 5.97 Å². The second-order valence-electron chi connectivity index (χ2n) is 3.29. The van der Waals surface area contributed by atoms with Crippen molar-refractivity contribution in [3.63, 3.8) is 0 Å². The molecule has 0 radical (unpaired) electrons. The van der Waals surface area contributed by atoms with Crippen molar-refractivity contribution in [3.05, 3.63) is 0 Å². The van der Waals surface area contributed by atoms with Crippen LogP contribution in [0.5, 0.6) is 0 Å². The molecule has 0 saturated heterocycles. The highest BCUT2D eigenvalue weighted by atomic mass is 16.4. The zero-order chi connectivity index (χ0) is 10.4. The van der Waals surface area contributed by atoms with Gasteiger partial charge in [-0.1, -0.05) is 6.92 Å². The Bertz CT molecular complexity index is 194. The number of rotatable bonds is 6. The maximum atomic E-state index is 10.4. The quantitative estimate of drug-likeness (QED) is 0.531. The maximum Gasteiger partial charge on any atom is 0.320 e. The van der Waals surface area contributed by atoms with E-state index in [0.29, 0.717) is 12.8 Å². The Hall–Kier alpha value is -1.10. The predicted octanol–water partition coefficient (Wildman–Crippen LogP) is -0.310. The summed E-state index contributed by atoms with van der Waals surface area (Å²) in [6.07, 6.45) is 1.26. The van der Waals surface area contributed by atoms with Crippen LogP contribution in [-0.4, -0.2) is 23.0 Å². The molecule has 0 saturated carbocycles. The van der Waals surface area contributed by atoms with E-state index in [1.807, 2.05) is 6.92 Å². The van der Waals surface area contributed by atoms with Crippen molar-refractivity contribution in [1.29, 1.82) is 0 Å². The number of aliphatic carboxylic acids is 1. The third kappa shape index (κ3) is 6.10. The highest BCUT2D eigenvalue weighted by Crippen LogP contribution is 2.11. The summed E-state index contributed by atoms with van der Waals surface area (Å²) in [7, 11) is 0. The molecule has 2 atom stereocenters. The molecule has 0 aromatic heterocycles. The zero-order valence-corrected chi connectivity index (χ0v) is 7.69. The van der Waals surface area contributed by atoms with E-state index in [2.05, 4.69) is 0 Å². The highest BCUT2D eigenvalue weighted by molar-refractivity contribution is 5.74. The number of primary amides is 1. The van der Waals surface area contributed by atoms with Crippen LogP contribution in [0.1, 0.15) is 26.2 Å². The van der Waals surface area contributed by atoms with Gasteiger partial charge in [0.25, 0.3) is 0 Å². The van der Waals surface area contributed by atoms with E-state index in [1.54, 1.807) is 0 Å². The molecule has 5 N–H and O–H groups in total. The number of carbonyl (C=O) groups is 2. The van der Waals surface area contributed by atoms with E-state index >= 15 is 0 Å². The third-order valence-electron chi connectivity index (χ3n) is 1.86. The van der Waals surface area contributed by atoms with Crippen molar-refractivity contribution in [2.45, 2.75) is 32.2 Å².